The van der Waals surface area contributed by atoms with Gasteiger partial charge in [-0.2, -0.15) is 0 Å². The molecule has 19 heavy (non-hydrogen) atoms. The molecule has 0 bridgehead atoms. The highest BCUT2D eigenvalue weighted by Gasteiger charge is 2.26. The summed E-state index contributed by atoms with van der Waals surface area (Å²) in [6.07, 6.45) is 4.05. The zero-order valence-electron chi connectivity index (χ0n) is 12.9. The maximum absolute atomic E-state index is 3.44. The normalized spacial score (nSPS) is 22.4. The molecule has 2 nitrogen and oxygen atoms in total. The molecule has 1 fully saturated rings. The van der Waals surface area contributed by atoms with Crippen LogP contribution in [0.25, 0.3) is 0 Å². The topological polar surface area (TPSA) is 15.3 Å². The van der Waals surface area contributed by atoms with Crippen LogP contribution in [0.5, 0.6) is 0 Å². The van der Waals surface area contributed by atoms with Crippen LogP contribution in [0, 0.1) is 13.8 Å². The van der Waals surface area contributed by atoms with E-state index in [-0.39, 0.29) is 0 Å². The second-order valence-electron chi connectivity index (χ2n) is 5.98. The van der Waals surface area contributed by atoms with E-state index in [0.29, 0.717) is 12.1 Å². The number of likely N-dealkylation sites (N-methyl/N-ethyl adjacent to an activating group) is 1. The lowest BCUT2D eigenvalue weighted by atomic mass is 9.94. The first-order chi connectivity index (χ1) is 9.13. The third-order valence-electron chi connectivity index (χ3n) is 4.70. The Morgan fingerprint density at radius 1 is 1.26 bits per heavy atom. The standard InChI is InChI=1S/C17H28N2/c1-13-8-7-9-14(2)16(13)12-19-11-6-5-10-17(19)15(3)18-4/h7-9,15,17-18H,5-6,10-12H2,1-4H3. The number of benzene rings is 1. The van der Waals surface area contributed by atoms with Crippen LogP contribution < -0.4 is 5.32 Å². The SMILES string of the molecule is CNC(C)C1CCCCN1Cc1c(C)cccc1C. The maximum Gasteiger partial charge on any atom is 0.0250 e. The van der Waals surface area contributed by atoms with Crippen molar-refractivity contribution in [3.63, 3.8) is 0 Å². The summed E-state index contributed by atoms with van der Waals surface area (Å²) in [5.74, 6) is 0. The van der Waals surface area contributed by atoms with Crippen LogP contribution in [-0.2, 0) is 6.54 Å². The third-order valence-corrected chi connectivity index (χ3v) is 4.70. The molecule has 2 rings (SSSR count). The molecule has 0 saturated carbocycles. The van der Waals surface area contributed by atoms with Gasteiger partial charge in [0.05, 0.1) is 0 Å². The summed E-state index contributed by atoms with van der Waals surface area (Å²) >= 11 is 0. The average molecular weight is 260 g/mol. The van der Waals surface area contributed by atoms with Crippen molar-refractivity contribution in [1.82, 2.24) is 10.2 Å². The minimum absolute atomic E-state index is 0.574. The highest BCUT2D eigenvalue weighted by Crippen LogP contribution is 2.24. The third kappa shape index (κ3) is 3.37. The van der Waals surface area contributed by atoms with E-state index >= 15 is 0 Å². The molecule has 1 aromatic carbocycles. The summed E-state index contributed by atoms with van der Waals surface area (Å²) in [4.78, 5) is 2.68. The van der Waals surface area contributed by atoms with Crippen molar-refractivity contribution >= 4 is 0 Å². The van der Waals surface area contributed by atoms with Gasteiger partial charge < -0.3 is 5.32 Å². The van der Waals surface area contributed by atoms with Gasteiger partial charge >= 0.3 is 0 Å². The number of rotatable bonds is 4. The van der Waals surface area contributed by atoms with E-state index in [1.54, 1.807) is 0 Å². The molecule has 0 amide bonds. The van der Waals surface area contributed by atoms with Crippen molar-refractivity contribution < 1.29 is 0 Å². The molecule has 1 N–H and O–H groups in total. The molecule has 0 radical (unpaired) electrons. The number of likely N-dealkylation sites (tertiary alicyclic amines) is 1. The monoisotopic (exact) mass is 260 g/mol. The van der Waals surface area contributed by atoms with Crippen LogP contribution in [0.4, 0.5) is 0 Å². The fourth-order valence-corrected chi connectivity index (χ4v) is 3.27. The summed E-state index contributed by atoms with van der Waals surface area (Å²) in [7, 11) is 2.08. The first-order valence-corrected chi connectivity index (χ1v) is 7.60. The Labute approximate surface area is 118 Å². The lowest BCUT2D eigenvalue weighted by Gasteiger charge is -2.39. The van der Waals surface area contributed by atoms with Crippen LogP contribution in [0.3, 0.4) is 0 Å². The molecule has 1 aromatic rings. The van der Waals surface area contributed by atoms with Crippen molar-refractivity contribution in [3.8, 4) is 0 Å². The van der Waals surface area contributed by atoms with Crippen molar-refractivity contribution in [3.05, 3.63) is 34.9 Å². The van der Waals surface area contributed by atoms with E-state index in [9.17, 15) is 0 Å². The van der Waals surface area contributed by atoms with E-state index in [1.165, 1.54) is 42.5 Å². The Morgan fingerprint density at radius 2 is 1.95 bits per heavy atom. The summed E-state index contributed by atoms with van der Waals surface area (Å²) in [6.45, 7) is 9.14. The van der Waals surface area contributed by atoms with Crippen molar-refractivity contribution in [2.75, 3.05) is 13.6 Å². The quantitative estimate of drug-likeness (QED) is 0.894. The number of hydrogen-bond acceptors (Lipinski definition) is 2. The van der Waals surface area contributed by atoms with Gasteiger partial charge in [0.2, 0.25) is 0 Å². The molecule has 106 valence electrons. The molecule has 0 aromatic heterocycles. The van der Waals surface area contributed by atoms with Gasteiger partial charge in [0.1, 0.15) is 0 Å². The smallest absolute Gasteiger partial charge is 0.0250 e. The zero-order chi connectivity index (χ0) is 13.8. The molecule has 1 heterocycles. The molecular formula is C17H28N2. The number of hydrogen-bond donors (Lipinski definition) is 1. The predicted molar refractivity (Wildman–Crippen MR) is 82.5 cm³/mol. The second kappa shape index (κ2) is 6.53. The summed E-state index contributed by atoms with van der Waals surface area (Å²) in [5, 5.41) is 3.44. The molecule has 1 aliphatic rings. The molecule has 2 unspecified atom stereocenters. The van der Waals surface area contributed by atoms with Gasteiger partial charge in [-0.3, -0.25) is 4.90 Å². The Bertz CT molecular complexity index is 393. The molecule has 1 aliphatic heterocycles. The van der Waals surface area contributed by atoms with E-state index in [4.69, 9.17) is 0 Å². The van der Waals surface area contributed by atoms with Crippen LogP contribution in [0.2, 0.25) is 0 Å². The van der Waals surface area contributed by atoms with E-state index in [2.05, 4.69) is 56.2 Å². The van der Waals surface area contributed by atoms with Crippen LogP contribution in [0.1, 0.15) is 42.9 Å². The molecule has 2 atom stereocenters. The number of aryl methyl sites for hydroxylation is 2. The highest BCUT2D eigenvalue weighted by atomic mass is 15.2. The minimum atomic E-state index is 0.574. The van der Waals surface area contributed by atoms with Gasteiger partial charge in [-0.1, -0.05) is 24.6 Å². The van der Waals surface area contributed by atoms with Crippen LogP contribution in [0.15, 0.2) is 18.2 Å². The van der Waals surface area contributed by atoms with Gasteiger partial charge in [0, 0.05) is 18.6 Å². The summed E-state index contributed by atoms with van der Waals surface area (Å²) in [5.41, 5.74) is 4.39. The Morgan fingerprint density at radius 3 is 2.58 bits per heavy atom. The molecular weight excluding hydrogens is 232 g/mol. The van der Waals surface area contributed by atoms with E-state index in [0.717, 1.165) is 6.54 Å². The van der Waals surface area contributed by atoms with Gasteiger partial charge in [-0.05, 0) is 63.9 Å². The summed E-state index contributed by atoms with van der Waals surface area (Å²) < 4.78 is 0. The Hall–Kier alpha value is -0.860. The van der Waals surface area contributed by atoms with Crippen LogP contribution >= 0.6 is 0 Å². The van der Waals surface area contributed by atoms with Gasteiger partial charge in [-0.25, -0.2) is 0 Å². The van der Waals surface area contributed by atoms with Crippen molar-refractivity contribution in [2.45, 2.75) is 58.7 Å². The lowest BCUT2D eigenvalue weighted by molar-refractivity contribution is 0.114. The molecule has 1 saturated heterocycles. The fourth-order valence-electron chi connectivity index (χ4n) is 3.27. The lowest BCUT2D eigenvalue weighted by Crippen LogP contribution is -2.49. The largest absolute Gasteiger partial charge is 0.316 e. The number of piperidine rings is 1. The predicted octanol–water partition coefficient (Wildman–Crippen LogP) is 3.27. The molecule has 0 aliphatic carbocycles. The van der Waals surface area contributed by atoms with Crippen LogP contribution in [-0.4, -0.2) is 30.6 Å². The van der Waals surface area contributed by atoms with Crippen molar-refractivity contribution in [1.29, 1.82) is 0 Å². The van der Waals surface area contributed by atoms with Gasteiger partial charge in [-0.15, -0.1) is 0 Å². The average Bonchev–Trinajstić information content (AvgIpc) is 2.42. The number of nitrogens with zero attached hydrogens (tertiary/aromatic N) is 1. The molecule has 2 heteroatoms. The van der Waals surface area contributed by atoms with Gasteiger partial charge in [0.25, 0.3) is 0 Å². The first kappa shape index (κ1) is 14.5. The minimum Gasteiger partial charge on any atom is -0.316 e. The Balaban J connectivity index is 2.15. The zero-order valence-corrected chi connectivity index (χ0v) is 12.9. The fraction of sp³-hybridized carbons (Fsp3) is 0.647. The van der Waals surface area contributed by atoms with E-state index in [1.807, 2.05) is 0 Å². The van der Waals surface area contributed by atoms with E-state index < -0.39 is 0 Å². The first-order valence-electron chi connectivity index (χ1n) is 7.60. The molecule has 0 spiro atoms. The highest BCUT2D eigenvalue weighted by molar-refractivity contribution is 5.33. The summed E-state index contributed by atoms with van der Waals surface area (Å²) in [6, 6.07) is 7.89. The Kier molecular flexibility index (Phi) is 5.00. The second-order valence-corrected chi connectivity index (χ2v) is 5.98. The number of nitrogens with one attached hydrogen (secondary N) is 1. The maximum atomic E-state index is 3.44. The van der Waals surface area contributed by atoms with Gasteiger partial charge in [0.15, 0.2) is 0 Å². The van der Waals surface area contributed by atoms with Crippen molar-refractivity contribution in [2.24, 2.45) is 0 Å².